The molecule has 91 valence electrons. The topological polar surface area (TPSA) is 37.3 Å². The van der Waals surface area contributed by atoms with Gasteiger partial charge in [-0.2, -0.15) is 0 Å². The summed E-state index contributed by atoms with van der Waals surface area (Å²) >= 11 is 0. The molecule has 0 bridgehead atoms. The van der Waals surface area contributed by atoms with Crippen molar-refractivity contribution in [2.24, 2.45) is 0 Å². The molecule has 0 amide bonds. The molecule has 1 N–H and O–H groups in total. The first kappa shape index (κ1) is 14.3. The van der Waals surface area contributed by atoms with Crippen molar-refractivity contribution in [3.05, 3.63) is 59.7 Å². The van der Waals surface area contributed by atoms with Crippen molar-refractivity contribution in [2.45, 2.75) is 18.8 Å². The third-order valence-corrected chi connectivity index (χ3v) is 3.63. The number of hydrogen-bond acceptors (Lipinski definition) is 1. The van der Waals surface area contributed by atoms with E-state index in [1.165, 1.54) is 16.7 Å². The summed E-state index contributed by atoms with van der Waals surface area (Å²) in [6.07, 6.45) is 1.59. The summed E-state index contributed by atoms with van der Waals surface area (Å²) in [5, 5.41) is 9.15. The largest absolute Gasteiger partial charge is 0.481 e. The SMILES string of the molecule is O=C(O)C1CCc2cc(-c3ccccc3)ccc21.[Na]. The predicted molar refractivity (Wildman–Crippen MR) is 76.3 cm³/mol. The van der Waals surface area contributed by atoms with Crippen molar-refractivity contribution in [1.29, 1.82) is 0 Å². The maximum absolute atomic E-state index is 11.1. The molecule has 0 aliphatic heterocycles. The van der Waals surface area contributed by atoms with E-state index in [9.17, 15) is 4.79 Å². The molecule has 1 radical (unpaired) electrons. The predicted octanol–water partition coefficient (Wildman–Crippen LogP) is 3.09. The van der Waals surface area contributed by atoms with Crippen LogP contribution in [0.5, 0.6) is 0 Å². The summed E-state index contributed by atoms with van der Waals surface area (Å²) in [6.45, 7) is 0. The number of benzene rings is 2. The molecule has 3 heteroatoms. The van der Waals surface area contributed by atoms with Gasteiger partial charge in [-0.3, -0.25) is 4.79 Å². The first-order valence-corrected chi connectivity index (χ1v) is 6.17. The number of carboxylic acids is 1. The molecule has 19 heavy (non-hydrogen) atoms. The van der Waals surface area contributed by atoms with Crippen LogP contribution in [0.2, 0.25) is 0 Å². The molecule has 0 fully saturated rings. The van der Waals surface area contributed by atoms with Crippen LogP contribution in [0.3, 0.4) is 0 Å². The molecular formula is C16H14NaO2. The van der Waals surface area contributed by atoms with E-state index < -0.39 is 5.97 Å². The van der Waals surface area contributed by atoms with Crippen LogP contribution in [0, 0.1) is 0 Å². The van der Waals surface area contributed by atoms with Crippen LogP contribution >= 0.6 is 0 Å². The Morgan fingerprint density at radius 2 is 1.79 bits per heavy atom. The van der Waals surface area contributed by atoms with Crippen molar-refractivity contribution in [3.8, 4) is 11.1 Å². The van der Waals surface area contributed by atoms with Crippen LogP contribution in [-0.4, -0.2) is 40.6 Å². The first-order chi connectivity index (χ1) is 8.75. The monoisotopic (exact) mass is 261 g/mol. The molecule has 1 unspecified atom stereocenters. The van der Waals surface area contributed by atoms with Gasteiger partial charge in [-0.25, -0.2) is 0 Å². The smallest absolute Gasteiger partial charge is 0.310 e. The second-order valence-electron chi connectivity index (χ2n) is 4.71. The van der Waals surface area contributed by atoms with Crippen molar-refractivity contribution < 1.29 is 9.90 Å². The number of hydrogen-bond donors (Lipinski definition) is 1. The number of aryl methyl sites for hydroxylation is 1. The molecule has 0 aromatic heterocycles. The average molecular weight is 261 g/mol. The Morgan fingerprint density at radius 1 is 1.05 bits per heavy atom. The number of carboxylic acid groups (broad SMARTS) is 1. The van der Waals surface area contributed by atoms with E-state index in [1.807, 2.05) is 30.3 Å². The van der Waals surface area contributed by atoms with Gasteiger partial charge in [0.15, 0.2) is 0 Å². The molecule has 1 aliphatic carbocycles. The average Bonchev–Trinajstić information content (AvgIpc) is 2.82. The maximum Gasteiger partial charge on any atom is 0.310 e. The Hall–Kier alpha value is -1.09. The minimum absolute atomic E-state index is 0. The zero-order chi connectivity index (χ0) is 12.5. The quantitative estimate of drug-likeness (QED) is 0.843. The van der Waals surface area contributed by atoms with Crippen molar-refractivity contribution in [3.63, 3.8) is 0 Å². The summed E-state index contributed by atoms with van der Waals surface area (Å²) in [5.41, 5.74) is 4.52. The molecule has 2 aromatic carbocycles. The number of rotatable bonds is 2. The molecular weight excluding hydrogens is 247 g/mol. The van der Waals surface area contributed by atoms with Crippen LogP contribution in [0.25, 0.3) is 11.1 Å². The minimum Gasteiger partial charge on any atom is -0.481 e. The maximum atomic E-state index is 11.1. The van der Waals surface area contributed by atoms with E-state index in [2.05, 4.69) is 18.2 Å². The van der Waals surface area contributed by atoms with E-state index >= 15 is 0 Å². The Morgan fingerprint density at radius 3 is 2.47 bits per heavy atom. The van der Waals surface area contributed by atoms with Gasteiger partial charge in [-0.15, -0.1) is 0 Å². The van der Waals surface area contributed by atoms with E-state index in [-0.39, 0.29) is 35.5 Å². The fraction of sp³-hybridized carbons (Fsp3) is 0.188. The summed E-state index contributed by atoms with van der Waals surface area (Å²) in [4.78, 5) is 11.1. The molecule has 3 rings (SSSR count). The molecule has 2 aromatic rings. The standard InChI is InChI=1S/C16H14O2.Na/c17-16(18)15-9-7-13-10-12(6-8-14(13)15)11-4-2-1-3-5-11;/h1-6,8,10,15H,7,9H2,(H,17,18);. The molecule has 2 nitrogen and oxygen atoms in total. The van der Waals surface area contributed by atoms with Gasteiger partial charge in [0.25, 0.3) is 0 Å². The molecule has 0 saturated heterocycles. The Labute approximate surface area is 134 Å². The van der Waals surface area contributed by atoms with Gasteiger partial charge in [0.1, 0.15) is 0 Å². The van der Waals surface area contributed by atoms with Crippen LogP contribution in [-0.2, 0) is 11.2 Å². The number of carbonyl (C=O) groups is 1. The molecule has 1 atom stereocenters. The Balaban J connectivity index is 0.00000133. The second-order valence-corrected chi connectivity index (χ2v) is 4.71. The summed E-state index contributed by atoms with van der Waals surface area (Å²) in [5.74, 6) is -1.02. The molecule has 1 aliphatic rings. The molecule has 0 heterocycles. The van der Waals surface area contributed by atoms with E-state index in [0.717, 1.165) is 18.4 Å². The van der Waals surface area contributed by atoms with Crippen molar-refractivity contribution in [1.82, 2.24) is 0 Å². The van der Waals surface area contributed by atoms with Gasteiger partial charge in [-0.1, -0.05) is 48.5 Å². The van der Waals surface area contributed by atoms with E-state index in [0.29, 0.717) is 0 Å². The second kappa shape index (κ2) is 5.91. The summed E-state index contributed by atoms with van der Waals surface area (Å²) in [7, 11) is 0. The van der Waals surface area contributed by atoms with E-state index in [4.69, 9.17) is 5.11 Å². The zero-order valence-electron chi connectivity index (χ0n) is 11.0. The number of fused-ring (bicyclic) bond motifs is 1. The molecule has 0 spiro atoms. The van der Waals surface area contributed by atoms with Crippen LogP contribution in [0.1, 0.15) is 23.5 Å². The minimum atomic E-state index is -0.707. The van der Waals surface area contributed by atoms with Gasteiger partial charge in [-0.05, 0) is 35.1 Å². The first-order valence-electron chi connectivity index (χ1n) is 6.17. The van der Waals surface area contributed by atoms with Crippen molar-refractivity contribution >= 4 is 35.5 Å². The van der Waals surface area contributed by atoms with Gasteiger partial charge in [0.2, 0.25) is 0 Å². The van der Waals surface area contributed by atoms with Crippen molar-refractivity contribution in [2.75, 3.05) is 0 Å². The Bertz CT molecular complexity index is 593. The summed E-state index contributed by atoms with van der Waals surface area (Å²) in [6, 6.07) is 16.3. The zero-order valence-corrected chi connectivity index (χ0v) is 13.0. The van der Waals surface area contributed by atoms with Gasteiger partial charge in [0.05, 0.1) is 5.92 Å². The van der Waals surface area contributed by atoms with Gasteiger partial charge in [0, 0.05) is 29.6 Å². The van der Waals surface area contributed by atoms with Crippen LogP contribution in [0.15, 0.2) is 48.5 Å². The number of aliphatic carboxylic acids is 1. The van der Waals surface area contributed by atoms with Gasteiger partial charge < -0.3 is 5.11 Å². The van der Waals surface area contributed by atoms with E-state index in [1.54, 1.807) is 0 Å². The van der Waals surface area contributed by atoms with Crippen LogP contribution in [0.4, 0.5) is 0 Å². The molecule has 0 saturated carbocycles. The summed E-state index contributed by atoms with van der Waals surface area (Å²) < 4.78 is 0. The third-order valence-electron chi connectivity index (χ3n) is 3.63. The third kappa shape index (κ3) is 2.76. The fourth-order valence-corrected chi connectivity index (χ4v) is 2.68. The normalized spacial score (nSPS) is 16.5. The fourth-order valence-electron chi connectivity index (χ4n) is 2.68. The van der Waals surface area contributed by atoms with Gasteiger partial charge >= 0.3 is 5.97 Å². The Kier molecular flexibility index (Phi) is 4.46. The van der Waals surface area contributed by atoms with Crippen LogP contribution < -0.4 is 0 Å².